The molecule has 3 aromatic rings. The predicted molar refractivity (Wildman–Crippen MR) is 158 cm³/mol. The lowest BCUT2D eigenvalue weighted by Crippen LogP contribution is -2.48. The smallest absolute Gasteiger partial charge is 0.407 e. The van der Waals surface area contributed by atoms with Crippen molar-refractivity contribution in [3.05, 3.63) is 107 Å². The molecule has 0 saturated carbocycles. The maximum absolute atomic E-state index is 13.8. The largest absolute Gasteiger partial charge is 0.444 e. The van der Waals surface area contributed by atoms with Crippen LogP contribution in [0.2, 0.25) is 0 Å². The second-order valence-corrected chi connectivity index (χ2v) is 11.8. The lowest BCUT2D eigenvalue weighted by molar-refractivity contribution is -0.127. The summed E-state index contributed by atoms with van der Waals surface area (Å²) in [7, 11) is 0. The van der Waals surface area contributed by atoms with Crippen LogP contribution in [0.4, 0.5) is 4.79 Å². The fourth-order valence-electron chi connectivity index (χ4n) is 5.35. The molecule has 8 nitrogen and oxygen atoms in total. The quantitative estimate of drug-likeness (QED) is 0.255. The predicted octanol–water partition coefficient (Wildman–Crippen LogP) is 3.96. The van der Waals surface area contributed by atoms with E-state index in [1.165, 1.54) is 0 Å². The Morgan fingerprint density at radius 3 is 2.00 bits per heavy atom. The fourth-order valence-corrected chi connectivity index (χ4v) is 5.35. The van der Waals surface area contributed by atoms with Crippen LogP contribution >= 0.6 is 0 Å². The lowest BCUT2D eigenvalue weighted by atomic mass is 9.88. The lowest BCUT2D eigenvalue weighted by Gasteiger charge is -2.30. The highest BCUT2D eigenvalue weighted by Crippen LogP contribution is 2.37. The summed E-state index contributed by atoms with van der Waals surface area (Å²) in [6, 6.07) is 24.6. The van der Waals surface area contributed by atoms with Crippen molar-refractivity contribution in [3.63, 3.8) is 0 Å². The van der Waals surface area contributed by atoms with Crippen molar-refractivity contribution in [2.24, 2.45) is 11.7 Å². The number of aliphatic hydroxyl groups is 2. The summed E-state index contributed by atoms with van der Waals surface area (Å²) < 4.78 is 5.47. The van der Waals surface area contributed by atoms with E-state index in [4.69, 9.17) is 10.5 Å². The molecule has 0 heterocycles. The van der Waals surface area contributed by atoms with E-state index in [1.807, 2.05) is 84.9 Å². The molecular formula is C33H41N3O5. The molecule has 8 heteroatoms. The van der Waals surface area contributed by atoms with E-state index < -0.39 is 47.9 Å². The van der Waals surface area contributed by atoms with Gasteiger partial charge in [-0.15, -0.1) is 0 Å². The molecule has 41 heavy (non-hydrogen) atoms. The van der Waals surface area contributed by atoms with Gasteiger partial charge in [0.2, 0.25) is 5.91 Å². The third-order valence-corrected chi connectivity index (χ3v) is 7.38. The second kappa shape index (κ2) is 13.3. The minimum Gasteiger partial charge on any atom is -0.444 e. The molecule has 3 aromatic carbocycles. The van der Waals surface area contributed by atoms with Gasteiger partial charge in [0, 0.05) is 5.92 Å². The number of nitrogens with one attached hydrogen (secondary N) is 2. The molecule has 0 fully saturated rings. The SMILES string of the molecule is CC(C)(C)OC(=O)N[C@@H](Cc1ccccc1)[C@@H](O)C[C@@H](Cc1ccccc1)C(=O)NC1c2ccccc2[C@@H](N)[C@H]1O. The van der Waals surface area contributed by atoms with E-state index >= 15 is 0 Å². The number of hydrogen-bond acceptors (Lipinski definition) is 6. The molecule has 6 atom stereocenters. The molecule has 0 aromatic heterocycles. The van der Waals surface area contributed by atoms with E-state index in [0.29, 0.717) is 12.8 Å². The summed E-state index contributed by atoms with van der Waals surface area (Å²) in [5.74, 6) is -0.959. The Morgan fingerprint density at radius 1 is 0.878 bits per heavy atom. The zero-order valence-corrected chi connectivity index (χ0v) is 23.9. The molecule has 1 aliphatic carbocycles. The first-order chi connectivity index (χ1) is 19.5. The van der Waals surface area contributed by atoms with Gasteiger partial charge in [-0.25, -0.2) is 4.79 Å². The van der Waals surface area contributed by atoms with Gasteiger partial charge >= 0.3 is 6.09 Å². The van der Waals surface area contributed by atoms with Crippen molar-refractivity contribution in [1.82, 2.24) is 10.6 Å². The topological polar surface area (TPSA) is 134 Å². The minimum absolute atomic E-state index is 0.0739. The molecule has 1 aliphatic rings. The summed E-state index contributed by atoms with van der Waals surface area (Å²) in [6.07, 6.45) is -1.88. The van der Waals surface area contributed by atoms with Crippen molar-refractivity contribution in [2.75, 3.05) is 0 Å². The molecular weight excluding hydrogens is 518 g/mol. The molecule has 218 valence electrons. The Balaban J connectivity index is 1.56. The highest BCUT2D eigenvalue weighted by Gasteiger charge is 2.39. The van der Waals surface area contributed by atoms with Crippen molar-refractivity contribution >= 4 is 12.0 Å². The highest BCUT2D eigenvalue weighted by molar-refractivity contribution is 5.80. The number of benzene rings is 3. The summed E-state index contributed by atoms with van der Waals surface area (Å²) in [5, 5.41) is 28.2. The number of rotatable bonds is 10. The number of fused-ring (bicyclic) bond motifs is 1. The number of nitrogens with two attached hydrogens (primary N) is 1. The fraction of sp³-hybridized carbons (Fsp3) is 0.394. The average Bonchev–Trinajstić information content (AvgIpc) is 3.17. The summed E-state index contributed by atoms with van der Waals surface area (Å²) in [6.45, 7) is 5.32. The van der Waals surface area contributed by atoms with Gasteiger partial charge < -0.3 is 31.3 Å². The first-order valence-electron chi connectivity index (χ1n) is 14.1. The average molecular weight is 560 g/mol. The summed E-state index contributed by atoms with van der Waals surface area (Å²) in [4.78, 5) is 26.5. The third kappa shape index (κ3) is 8.16. The van der Waals surface area contributed by atoms with Gasteiger partial charge in [0.15, 0.2) is 0 Å². The molecule has 6 N–H and O–H groups in total. The summed E-state index contributed by atoms with van der Waals surface area (Å²) in [5.41, 5.74) is 8.99. The maximum Gasteiger partial charge on any atom is 0.407 e. The van der Waals surface area contributed by atoms with Crippen LogP contribution in [0.5, 0.6) is 0 Å². The Kier molecular flexibility index (Phi) is 9.81. The van der Waals surface area contributed by atoms with Gasteiger partial charge in [-0.1, -0.05) is 84.9 Å². The van der Waals surface area contributed by atoms with Crippen LogP contribution in [-0.2, 0) is 22.4 Å². The van der Waals surface area contributed by atoms with Crippen LogP contribution in [0.25, 0.3) is 0 Å². The van der Waals surface area contributed by atoms with Crippen LogP contribution in [0.1, 0.15) is 61.5 Å². The van der Waals surface area contributed by atoms with Crippen molar-refractivity contribution in [3.8, 4) is 0 Å². The molecule has 0 aliphatic heterocycles. The molecule has 2 amide bonds. The zero-order chi connectivity index (χ0) is 29.6. The number of carbonyl (C=O) groups excluding carboxylic acids is 2. The zero-order valence-electron chi connectivity index (χ0n) is 23.9. The van der Waals surface area contributed by atoms with Crippen molar-refractivity contribution in [1.29, 1.82) is 0 Å². The van der Waals surface area contributed by atoms with Gasteiger partial charge in [0.05, 0.1) is 30.3 Å². The first-order valence-corrected chi connectivity index (χ1v) is 14.1. The van der Waals surface area contributed by atoms with Crippen LogP contribution in [-0.4, -0.2) is 46.1 Å². The van der Waals surface area contributed by atoms with Crippen LogP contribution in [0.3, 0.4) is 0 Å². The number of ether oxygens (including phenoxy) is 1. The Labute approximate surface area is 241 Å². The van der Waals surface area contributed by atoms with Crippen LogP contribution in [0, 0.1) is 5.92 Å². The van der Waals surface area contributed by atoms with Gasteiger partial charge in [-0.2, -0.15) is 0 Å². The minimum atomic E-state index is -1.06. The van der Waals surface area contributed by atoms with Gasteiger partial charge in [0.1, 0.15) is 5.60 Å². The van der Waals surface area contributed by atoms with Gasteiger partial charge in [0.25, 0.3) is 0 Å². The van der Waals surface area contributed by atoms with E-state index in [-0.39, 0.29) is 12.3 Å². The van der Waals surface area contributed by atoms with Gasteiger partial charge in [-0.05, 0) is 62.3 Å². The van der Waals surface area contributed by atoms with E-state index in [1.54, 1.807) is 20.8 Å². The molecule has 0 spiro atoms. The maximum atomic E-state index is 13.8. The summed E-state index contributed by atoms with van der Waals surface area (Å²) >= 11 is 0. The molecule has 0 saturated heterocycles. The van der Waals surface area contributed by atoms with Gasteiger partial charge in [-0.3, -0.25) is 4.79 Å². The Morgan fingerprint density at radius 2 is 1.41 bits per heavy atom. The van der Waals surface area contributed by atoms with Crippen LogP contribution < -0.4 is 16.4 Å². The number of hydrogen-bond donors (Lipinski definition) is 5. The molecule has 1 unspecified atom stereocenters. The van der Waals surface area contributed by atoms with Crippen molar-refractivity contribution < 1.29 is 24.5 Å². The number of aliphatic hydroxyl groups excluding tert-OH is 2. The van der Waals surface area contributed by atoms with Crippen LogP contribution in [0.15, 0.2) is 84.9 Å². The van der Waals surface area contributed by atoms with E-state index in [0.717, 1.165) is 22.3 Å². The molecule has 0 radical (unpaired) electrons. The Hall–Kier alpha value is -3.72. The standard InChI is InChI=1S/C33H41N3O5/c1-33(2,3)41-32(40)35-26(19-22-14-8-5-9-15-22)27(37)20-23(18-21-12-6-4-7-13-21)31(39)36-29-25-17-11-10-16-24(25)28(34)30(29)38/h4-17,23,26-30,37-38H,18-20,34H2,1-3H3,(H,35,40)(H,36,39)/t23-,26+,27+,28-,29?,30-/m1/s1. The number of alkyl carbamates (subject to hydrolysis) is 1. The third-order valence-electron chi connectivity index (χ3n) is 7.38. The highest BCUT2D eigenvalue weighted by atomic mass is 16.6. The molecule has 0 bridgehead atoms. The first kappa shape index (κ1) is 30.2. The normalized spacial score (nSPS) is 20.4. The number of carbonyl (C=O) groups is 2. The Bertz CT molecular complexity index is 1290. The number of amides is 2. The van der Waals surface area contributed by atoms with Crippen molar-refractivity contribution in [2.45, 2.75) is 76.0 Å². The monoisotopic (exact) mass is 559 g/mol. The van der Waals surface area contributed by atoms with E-state index in [9.17, 15) is 19.8 Å². The molecule has 4 rings (SSSR count). The van der Waals surface area contributed by atoms with E-state index in [2.05, 4.69) is 10.6 Å². The second-order valence-electron chi connectivity index (χ2n) is 11.8.